The Kier molecular flexibility index (Phi) is 3.08. The molecule has 0 bridgehead atoms. The van der Waals surface area contributed by atoms with Crippen molar-refractivity contribution in [2.45, 2.75) is 6.92 Å². The first-order chi connectivity index (χ1) is 7.56. The van der Waals surface area contributed by atoms with Crippen LogP contribution in [-0.2, 0) is 0 Å². The Balaban J connectivity index is 2.58. The first kappa shape index (κ1) is 11.3. The van der Waals surface area contributed by atoms with Crippen molar-refractivity contribution in [1.29, 1.82) is 0 Å². The third kappa shape index (κ3) is 2.31. The van der Waals surface area contributed by atoms with Gasteiger partial charge in [0.25, 0.3) is 0 Å². The van der Waals surface area contributed by atoms with Gasteiger partial charge in [0.15, 0.2) is 0 Å². The van der Waals surface area contributed by atoms with E-state index in [0.717, 1.165) is 0 Å². The molecule has 0 aliphatic rings. The van der Waals surface area contributed by atoms with E-state index in [2.05, 4.69) is 9.97 Å². The molecule has 2 rings (SSSR count). The minimum atomic E-state index is -0.429. The lowest BCUT2D eigenvalue weighted by Gasteiger charge is -2.04. The van der Waals surface area contributed by atoms with E-state index < -0.39 is 5.82 Å². The topological polar surface area (TPSA) is 25.8 Å². The Morgan fingerprint density at radius 2 is 1.88 bits per heavy atom. The van der Waals surface area contributed by atoms with Crippen LogP contribution in [0.1, 0.15) is 5.82 Å². The van der Waals surface area contributed by atoms with Crippen LogP contribution in [-0.4, -0.2) is 9.97 Å². The summed E-state index contributed by atoms with van der Waals surface area (Å²) >= 11 is 11.5. The number of aryl methyl sites for hydroxylation is 1. The molecule has 0 unspecified atom stereocenters. The first-order valence-corrected chi connectivity index (χ1v) is 5.28. The predicted octanol–water partition coefficient (Wildman–Crippen LogP) is 3.90. The van der Waals surface area contributed by atoms with Crippen molar-refractivity contribution in [3.05, 3.63) is 46.1 Å². The smallest absolute Gasteiger partial charge is 0.134 e. The minimum Gasteiger partial charge on any atom is -0.233 e. The Hall–Kier alpha value is -1.19. The van der Waals surface area contributed by atoms with Gasteiger partial charge in [-0.15, -0.1) is 0 Å². The van der Waals surface area contributed by atoms with Crippen molar-refractivity contribution in [2.75, 3.05) is 0 Å². The average molecular weight is 257 g/mol. The molecule has 1 heterocycles. The molecule has 16 heavy (non-hydrogen) atoms. The summed E-state index contributed by atoms with van der Waals surface area (Å²) < 4.78 is 13.6. The lowest BCUT2D eigenvalue weighted by Crippen LogP contribution is -1.93. The van der Waals surface area contributed by atoms with E-state index in [-0.39, 0.29) is 5.15 Å². The molecule has 0 saturated heterocycles. The number of aromatic nitrogens is 2. The molecule has 0 aliphatic carbocycles. The molecule has 0 atom stereocenters. The van der Waals surface area contributed by atoms with Gasteiger partial charge in [0.1, 0.15) is 16.8 Å². The maximum Gasteiger partial charge on any atom is 0.134 e. The molecule has 2 nitrogen and oxygen atoms in total. The summed E-state index contributed by atoms with van der Waals surface area (Å²) in [6.07, 6.45) is 0. The molecule has 0 fully saturated rings. The zero-order valence-corrected chi connectivity index (χ0v) is 9.85. The summed E-state index contributed by atoms with van der Waals surface area (Å²) in [4.78, 5) is 8.03. The molecule has 0 radical (unpaired) electrons. The van der Waals surface area contributed by atoms with E-state index in [1.165, 1.54) is 12.1 Å². The fourth-order valence-corrected chi connectivity index (χ4v) is 1.75. The summed E-state index contributed by atoms with van der Waals surface area (Å²) in [5, 5.41) is 0.634. The van der Waals surface area contributed by atoms with Gasteiger partial charge in [0, 0.05) is 16.7 Å². The molecule has 2 aromatic rings. The Labute approximate surface area is 102 Å². The number of hydrogen-bond acceptors (Lipinski definition) is 2. The van der Waals surface area contributed by atoms with Crippen molar-refractivity contribution in [3.8, 4) is 11.3 Å². The van der Waals surface area contributed by atoms with Crippen LogP contribution in [0.15, 0.2) is 24.3 Å². The number of halogens is 3. The van der Waals surface area contributed by atoms with Crippen LogP contribution >= 0.6 is 23.2 Å². The highest BCUT2D eigenvalue weighted by atomic mass is 35.5. The third-order valence-electron chi connectivity index (χ3n) is 2.01. The molecule has 1 aromatic carbocycles. The highest BCUT2D eigenvalue weighted by Gasteiger charge is 2.08. The van der Waals surface area contributed by atoms with Gasteiger partial charge in [-0.25, -0.2) is 14.4 Å². The number of rotatable bonds is 1. The lowest BCUT2D eigenvalue weighted by atomic mass is 10.1. The summed E-state index contributed by atoms with van der Waals surface area (Å²) in [6, 6.07) is 5.92. The fourth-order valence-electron chi connectivity index (χ4n) is 1.37. The summed E-state index contributed by atoms with van der Waals surface area (Å²) in [5.41, 5.74) is 0.809. The molecule has 0 N–H and O–H groups in total. The van der Waals surface area contributed by atoms with Crippen LogP contribution in [0.4, 0.5) is 4.39 Å². The molecule has 82 valence electrons. The average Bonchev–Trinajstić information content (AvgIpc) is 2.15. The van der Waals surface area contributed by atoms with Gasteiger partial charge in [0.2, 0.25) is 0 Å². The van der Waals surface area contributed by atoms with Crippen LogP contribution < -0.4 is 0 Å². The van der Waals surface area contributed by atoms with Gasteiger partial charge in [-0.1, -0.05) is 23.2 Å². The summed E-state index contributed by atoms with van der Waals surface area (Å²) in [5.74, 6) is 0.0681. The van der Waals surface area contributed by atoms with Gasteiger partial charge in [0.05, 0.1) is 5.69 Å². The monoisotopic (exact) mass is 256 g/mol. The van der Waals surface area contributed by atoms with Gasteiger partial charge < -0.3 is 0 Å². The van der Waals surface area contributed by atoms with Crippen molar-refractivity contribution in [3.63, 3.8) is 0 Å². The highest BCUT2D eigenvalue weighted by molar-refractivity contribution is 6.30. The van der Waals surface area contributed by atoms with E-state index in [1.807, 2.05) is 0 Å². The quantitative estimate of drug-likeness (QED) is 0.724. The summed E-state index contributed by atoms with van der Waals surface area (Å²) in [6.45, 7) is 1.70. The van der Waals surface area contributed by atoms with E-state index in [9.17, 15) is 4.39 Å². The van der Waals surface area contributed by atoms with E-state index in [4.69, 9.17) is 23.2 Å². The first-order valence-electron chi connectivity index (χ1n) is 4.53. The molecule has 1 aromatic heterocycles. The van der Waals surface area contributed by atoms with E-state index >= 15 is 0 Å². The standard InChI is InChI=1S/C11H7Cl2FN2/c1-6-15-10(5-11(13)16-6)8-3-2-7(12)4-9(8)14/h2-5H,1H3. The normalized spacial score (nSPS) is 10.5. The number of hydrogen-bond donors (Lipinski definition) is 0. The SMILES string of the molecule is Cc1nc(Cl)cc(-c2ccc(Cl)cc2F)n1. The molecule has 0 saturated carbocycles. The molecule has 5 heteroatoms. The number of nitrogens with zero attached hydrogens (tertiary/aromatic N) is 2. The zero-order valence-electron chi connectivity index (χ0n) is 8.34. The van der Waals surface area contributed by atoms with Crippen LogP contribution in [0.5, 0.6) is 0 Å². The van der Waals surface area contributed by atoms with Crippen molar-refractivity contribution < 1.29 is 4.39 Å². The van der Waals surface area contributed by atoms with Crippen LogP contribution in [0.25, 0.3) is 11.3 Å². The van der Waals surface area contributed by atoms with Crippen molar-refractivity contribution in [1.82, 2.24) is 9.97 Å². The second kappa shape index (κ2) is 4.36. The third-order valence-corrected chi connectivity index (χ3v) is 2.44. The van der Waals surface area contributed by atoms with Gasteiger partial charge in [-0.3, -0.25) is 0 Å². The lowest BCUT2D eigenvalue weighted by molar-refractivity contribution is 0.630. The second-order valence-electron chi connectivity index (χ2n) is 3.25. The van der Waals surface area contributed by atoms with E-state index in [0.29, 0.717) is 22.1 Å². The molecule has 0 spiro atoms. The van der Waals surface area contributed by atoms with Gasteiger partial charge in [-0.2, -0.15) is 0 Å². The van der Waals surface area contributed by atoms with Crippen LogP contribution in [0.2, 0.25) is 10.2 Å². The largest absolute Gasteiger partial charge is 0.233 e. The fraction of sp³-hybridized carbons (Fsp3) is 0.0909. The van der Waals surface area contributed by atoms with Crippen LogP contribution in [0.3, 0.4) is 0 Å². The van der Waals surface area contributed by atoms with Gasteiger partial charge >= 0.3 is 0 Å². The minimum absolute atomic E-state index is 0.289. The molecular formula is C11H7Cl2FN2. The van der Waals surface area contributed by atoms with Crippen molar-refractivity contribution in [2.24, 2.45) is 0 Å². The molecular weight excluding hydrogens is 250 g/mol. The highest BCUT2D eigenvalue weighted by Crippen LogP contribution is 2.25. The Morgan fingerprint density at radius 3 is 2.50 bits per heavy atom. The number of benzene rings is 1. The summed E-state index contributed by atoms with van der Waals surface area (Å²) in [7, 11) is 0. The van der Waals surface area contributed by atoms with Crippen LogP contribution in [0, 0.1) is 12.7 Å². The maximum atomic E-state index is 13.6. The molecule has 0 aliphatic heterocycles. The van der Waals surface area contributed by atoms with Crippen molar-refractivity contribution >= 4 is 23.2 Å². The molecule has 0 amide bonds. The Morgan fingerprint density at radius 1 is 1.12 bits per heavy atom. The van der Waals surface area contributed by atoms with E-state index in [1.54, 1.807) is 19.1 Å². The maximum absolute atomic E-state index is 13.6. The zero-order chi connectivity index (χ0) is 11.7. The van der Waals surface area contributed by atoms with Gasteiger partial charge in [-0.05, 0) is 25.1 Å². The second-order valence-corrected chi connectivity index (χ2v) is 4.07. The predicted molar refractivity (Wildman–Crippen MR) is 62.2 cm³/mol. The Bertz CT molecular complexity index is 523.